The van der Waals surface area contributed by atoms with Crippen LogP contribution in [0.4, 0.5) is 5.69 Å². The molecule has 1 amide bonds. The fraction of sp³-hybridized carbons (Fsp3) is 0.214. The molecule has 6 nitrogen and oxygen atoms in total. The first kappa shape index (κ1) is 13.8. The van der Waals surface area contributed by atoms with Gasteiger partial charge < -0.3 is 15.6 Å². The van der Waals surface area contributed by atoms with E-state index >= 15 is 0 Å². The number of amides is 1. The van der Waals surface area contributed by atoms with E-state index in [2.05, 4.69) is 16.4 Å². The lowest BCUT2D eigenvalue weighted by Crippen LogP contribution is -2.14. The number of rotatable bonds is 4. The fourth-order valence-corrected chi connectivity index (χ4v) is 1.86. The summed E-state index contributed by atoms with van der Waals surface area (Å²) < 4.78 is 1.75. The van der Waals surface area contributed by atoms with Crippen molar-refractivity contribution in [1.29, 1.82) is 5.26 Å². The Bertz CT molecular complexity index is 668. The van der Waals surface area contributed by atoms with E-state index in [1.807, 2.05) is 13.0 Å². The highest BCUT2D eigenvalue weighted by Crippen LogP contribution is 2.18. The third kappa shape index (κ3) is 2.84. The van der Waals surface area contributed by atoms with E-state index in [1.54, 1.807) is 29.2 Å². The molecule has 1 heterocycles. The zero-order valence-electron chi connectivity index (χ0n) is 11.1. The van der Waals surface area contributed by atoms with Gasteiger partial charge in [-0.05, 0) is 18.6 Å². The van der Waals surface area contributed by atoms with Gasteiger partial charge in [0.1, 0.15) is 11.8 Å². The molecule has 0 bridgehead atoms. The number of hydrogen-bond donors (Lipinski definition) is 2. The molecule has 0 aliphatic heterocycles. The Morgan fingerprint density at radius 3 is 3.05 bits per heavy atom. The molecule has 2 aromatic rings. The second kappa shape index (κ2) is 5.99. The second-order valence-electron chi connectivity index (χ2n) is 4.35. The van der Waals surface area contributed by atoms with Crippen LogP contribution in [0.15, 0.2) is 30.7 Å². The van der Waals surface area contributed by atoms with Gasteiger partial charge in [0.05, 0.1) is 17.6 Å². The van der Waals surface area contributed by atoms with Crippen molar-refractivity contribution in [2.75, 3.05) is 11.9 Å². The molecular weight excluding hydrogens is 254 g/mol. The lowest BCUT2D eigenvalue weighted by atomic mass is 10.1. The molecule has 0 aliphatic rings. The van der Waals surface area contributed by atoms with Crippen LogP contribution in [0.5, 0.6) is 0 Å². The van der Waals surface area contributed by atoms with Crippen LogP contribution in [0.25, 0.3) is 0 Å². The highest BCUT2D eigenvalue weighted by Gasteiger charge is 2.12. The lowest BCUT2D eigenvalue weighted by molar-refractivity contribution is 0.102. The van der Waals surface area contributed by atoms with Gasteiger partial charge in [-0.3, -0.25) is 4.79 Å². The Hall–Kier alpha value is -2.65. The average Bonchev–Trinajstić information content (AvgIpc) is 2.88. The summed E-state index contributed by atoms with van der Waals surface area (Å²) in [7, 11) is 0. The predicted molar refractivity (Wildman–Crippen MR) is 75.1 cm³/mol. The Labute approximate surface area is 116 Å². The molecule has 102 valence electrons. The Kier molecular flexibility index (Phi) is 4.13. The summed E-state index contributed by atoms with van der Waals surface area (Å²) in [6, 6.07) is 7.40. The molecule has 0 spiro atoms. The van der Waals surface area contributed by atoms with Crippen LogP contribution in [0, 0.1) is 18.3 Å². The summed E-state index contributed by atoms with van der Waals surface area (Å²) in [5, 5.41) is 11.8. The van der Waals surface area contributed by atoms with Gasteiger partial charge in [-0.2, -0.15) is 5.26 Å². The van der Waals surface area contributed by atoms with Gasteiger partial charge in [0, 0.05) is 19.3 Å². The number of imidazole rings is 1. The largest absolute Gasteiger partial charge is 0.335 e. The van der Waals surface area contributed by atoms with Gasteiger partial charge in [-0.15, -0.1) is 0 Å². The van der Waals surface area contributed by atoms with E-state index in [0.29, 0.717) is 30.0 Å². The number of nitrogens with one attached hydrogen (secondary N) is 1. The van der Waals surface area contributed by atoms with Crippen molar-refractivity contribution in [3.8, 4) is 6.07 Å². The quantitative estimate of drug-likeness (QED) is 0.873. The highest BCUT2D eigenvalue weighted by atomic mass is 16.1. The van der Waals surface area contributed by atoms with Gasteiger partial charge in [0.2, 0.25) is 0 Å². The molecule has 20 heavy (non-hydrogen) atoms. The first-order valence-corrected chi connectivity index (χ1v) is 6.18. The number of carbonyl (C=O) groups excluding carboxylic acids is 1. The van der Waals surface area contributed by atoms with Crippen molar-refractivity contribution >= 4 is 11.6 Å². The summed E-state index contributed by atoms with van der Waals surface area (Å²) in [4.78, 5) is 16.1. The van der Waals surface area contributed by atoms with Gasteiger partial charge >= 0.3 is 0 Å². The van der Waals surface area contributed by atoms with E-state index < -0.39 is 0 Å². The molecule has 0 saturated carbocycles. The Balaban J connectivity index is 2.19. The number of anilines is 1. The smallest absolute Gasteiger partial charge is 0.275 e. The summed E-state index contributed by atoms with van der Waals surface area (Å²) in [6.07, 6.45) is 3.19. The van der Waals surface area contributed by atoms with Gasteiger partial charge in [0.25, 0.3) is 5.91 Å². The van der Waals surface area contributed by atoms with E-state index in [9.17, 15) is 4.79 Å². The number of nitriles is 1. The summed E-state index contributed by atoms with van der Waals surface area (Å²) >= 11 is 0. The van der Waals surface area contributed by atoms with Crippen LogP contribution in [-0.2, 0) is 6.54 Å². The summed E-state index contributed by atoms with van der Waals surface area (Å²) in [5.41, 5.74) is 7.50. The minimum atomic E-state index is -0.345. The van der Waals surface area contributed by atoms with Crippen LogP contribution >= 0.6 is 0 Å². The molecule has 3 N–H and O–H groups in total. The number of hydrogen-bond acceptors (Lipinski definition) is 4. The van der Waals surface area contributed by atoms with E-state index in [-0.39, 0.29) is 5.91 Å². The van der Waals surface area contributed by atoms with Crippen molar-refractivity contribution < 1.29 is 4.79 Å². The SMILES string of the molecule is Cc1cccc(NC(=O)c2cn(CCN)cn2)c1C#N. The molecule has 0 radical (unpaired) electrons. The van der Waals surface area contributed by atoms with Crippen molar-refractivity contribution in [2.24, 2.45) is 5.73 Å². The molecule has 0 fully saturated rings. The molecule has 0 saturated heterocycles. The van der Waals surface area contributed by atoms with Crippen molar-refractivity contribution in [1.82, 2.24) is 9.55 Å². The maximum atomic E-state index is 12.1. The topological polar surface area (TPSA) is 96.7 Å². The summed E-state index contributed by atoms with van der Waals surface area (Å²) in [5.74, 6) is -0.345. The summed E-state index contributed by atoms with van der Waals surface area (Å²) in [6.45, 7) is 2.91. The third-order valence-corrected chi connectivity index (χ3v) is 2.89. The molecule has 2 rings (SSSR count). The van der Waals surface area contributed by atoms with Gasteiger partial charge in [-0.1, -0.05) is 12.1 Å². The van der Waals surface area contributed by atoms with Gasteiger partial charge in [0.15, 0.2) is 0 Å². The number of aromatic nitrogens is 2. The molecule has 0 aliphatic carbocycles. The number of benzene rings is 1. The molecule has 0 atom stereocenters. The third-order valence-electron chi connectivity index (χ3n) is 2.89. The zero-order valence-corrected chi connectivity index (χ0v) is 11.1. The number of nitrogens with zero attached hydrogens (tertiary/aromatic N) is 3. The van der Waals surface area contributed by atoms with Crippen molar-refractivity contribution in [3.05, 3.63) is 47.5 Å². The van der Waals surface area contributed by atoms with Crippen molar-refractivity contribution in [3.63, 3.8) is 0 Å². The molecule has 1 aromatic heterocycles. The second-order valence-corrected chi connectivity index (χ2v) is 4.35. The molecule has 0 unspecified atom stereocenters. The van der Waals surface area contributed by atoms with Crippen LogP contribution < -0.4 is 11.1 Å². The standard InChI is InChI=1S/C14H15N5O/c1-10-3-2-4-12(11(10)7-16)18-14(20)13-8-19(6-5-15)9-17-13/h2-4,8-9H,5-6,15H2,1H3,(H,18,20). The number of carbonyl (C=O) groups is 1. The highest BCUT2D eigenvalue weighted by molar-refractivity contribution is 6.03. The van der Waals surface area contributed by atoms with Crippen LogP contribution in [0.1, 0.15) is 21.6 Å². The predicted octanol–water partition coefficient (Wildman–Crippen LogP) is 1.27. The first-order valence-electron chi connectivity index (χ1n) is 6.18. The number of aryl methyl sites for hydroxylation is 1. The van der Waals surface area contributed by atoms with Crippen LogP contribution in [0.2, 0.25) is 0 Å². The minimum absolute atomic E-state index is 0.295. The normalized spacial score (nSPS) is 10.1. The first-order chi connectivity index (χ1) is 9.65. The maximum absolute atomic E-state index is 12.1. The van der Waals surface area contributed by atoms with Gasteiger partial charge in [-0.25, -0.2) is 4.98 Å². The van der Waals surface area contributed by atoms with Crippen molar-refractivity contribution in [2.45, 2.75) is 13.5 Å². The van der Waals surface area contributed by atoms with E-state index in [1.165, 1.54) is 0 Å². The molecular formula is C14H15N5O. The zero-order chi connectivity index (χ0) is 14.5. The minimum Gasteiger partial charge on any atom is -0.335 e. The fourth-order valence-electron chi connectivity index (χ4n) is 1.86. The monoisotopic (exact) mass is 269 g/mol. The molecule has 6 heteroatoms. The maximum Gasteiger partial charge on any atom is 0.275 e. The Morgan fingerprint density at radius 1 is 1.55 bits per heavy atom. The molecule has 1 aromatic carbocycles. The Morgan fingerprint density at radius 2 is 2.35 bits per heavy atom. The number of nitrogens with two attached hydrogens (primary N) is 1. The lowest BCUT2D eigenvalue weighted by Gasteiger charge is -2.07. The van der Waals surface area contributed by atoms with Crippen LogP contribution in [0.3, 0.4) is 0 Å². The van der Waals surface area contributed by atoms with Crippen LogP contribution in [-0.4, -0.2) is 22.0 Å². The van der Waals surface area contributed by atoms with E-state index in [4.69, 9.17) is 11.0 Å². The van der Waals surface area contributed by atoms with E-state index in [0.717, 1.165) is 5.56 Å². The average molecular weight is 269 g/mol.